The van der Waals surface area contributed by atoms with Crippen molar-refractivity contribution in [1.29, 1.82) is 0 Å². The van der Waals surface area contributed by atoms with Crippen LogP contribution in [-0.2, 0) is 22.6 Å². The van der Waals surface area contributed by atoms with Crippen LogP contribution < -0.4 is 5.32 Å². The van der Waals surface area contributed by atoms with E-state index in [0.29, 0.717) is 28.9 Å². The largest absolute Gasteiger partial charge is 0.356 e. The highest BCUT2D eigenvalue weighted by atomic mass is 35.5. The Labute approximate surface area is 177 Å². The summed E-state index contributed by atoms with van der Waals surface area (Å²) in [6.07, 6.45) is 0. The average molecular weight is 441 g/mol. The Balaban J connectivity index is 1.82. The molecule has 0 atom stereocenters. The number of halogens is 2. The summed E-state index contributed by atoms with van der Waals surface area (Å²) in [7, 11) is -1.11. The molecule has 0 saturated heterocycles. The Bertz CT molecular complexity index is 780. The molecule has 2 aromatic rings. The van der Waals surface area contributed by atoms with Crippen molar-refractivity contribution in [3.8, 4) is 0 Å². The fourth-order valence-electron chi connectivity index (χ4n) is 2.26. The molecular formula is C20H26Cl2N2O3Si. The van der Waals surface area contributed by atoms with E-state index in [1.165, 1.54) is 6.07 Å². The molecule has 28 heavy (non-hydrogen) atoms. The molecular weight excluding hydrogens is 415 g/mol. The van der Waals surface area contributed by atoms with E-state index in [1.807, 2.05) is 12.1 Å². The lowest BCUT2D eigenvalue weighted by atomic mass is 10.2. The molecule has 8 heteroatoms. The van der Waals surface area contributed by atoms with Crippen molar-refractivity contribution in [2.75, 3.05) is 13.4 Å². The number of hydrogen-bond donors (Lipinski definition) is 1. The Morgan fingerprint density at radius 2 is 1.79 bits per heavy atom. The molecule has 0 aliphatic carbocycles. The zero-order chi connectivity index (χ0) is 20.6. The van der Waals surface area contributed by atoms with Crippen LogP contribution in [0.4, 0.5) is 0 Å². The first-order valence-electron chi connectivity index (χ1n) is 9.07. The monoisotopic (exact) mass is 440 g/mol. The van der Waals surface area contributed by atoms with Crippen LogP contribution in [0, 0.1) is 0 Å². The van der Waals surface area contributed by atoms with Gasteiger partial charge in [0.1, 0.15) is 12.5 Å². The number of pyridine rings is 1. The van der Waals surface area contributed by atoms with E-state index in [-0.39, 0.29) is 25.0 Å². The highest BCUT2D eigenvalue weighted by molar-refractivity contribution is 6.76. The SMILES string of the molecule is C[Si](C)(C)CCOCOCc1cc(Cl)cc(C(=O)NCc2ccc(Cl)cc2)n1. The van der Waals surface area contributed by atoms with Crippen molar-refractivity contribution in [3.05, 3.63) is 63.4 Å². The van der Waals surface area contributed by atoms with Crippen molar-refractivity contribution in [2.45, 2.75) is 38.8 Å². The van der Waals surface area contributed by atoms with Gasteiger partial charge in [-0.25, -0.2) is 4.98 Å². The van der Waals surface area contributed by atoms with Gasteiger partial charge in [0, 0.05) is 31.3 Å². The first-order chi connectivity index (χ1) is 13.2. The molecule has 152 valence electrons. The number of hydrogen-bond acceptors (Lipinski definition) is 4. The number of rotatable bonds is 10. The fraction of sp³-hybridized carbons (Fsp3) is 0.400. The van der Waals surface area contributed by atoms with E-state index in [1.54, 1.807) is 18.2 Å². The molecule has 5 nitrogen and oxygen atoms in total. The molecule has 2 rings (SSSR count). The summed E-state index contributed by atoms with van der Waals surface area (Å²) in [6.45, 7) is 8.38. The zero-order valence-electron chi connectivity index (χ0n) is 16.4. The number of aromatic nitrogens is 1. The van der Waals surface area contributed by atoms with Crippen LogP contribution in [0.3, 0.4) is 0 Å². The molecule has 0 bridgehead atoms. The Hall–Kier alpha value is -1.44. The lowest BCUT2D eigenvalue weighted by Gasteiger charge is -2.15. The quantitative estimate of drug-likeness (QED) is 0.315. The topological polar surface area (TPSA) is 60.5 Å². The van der Waals surface area contributed by atoms with Crippen LogP contribution in [0.2, 0.25) is 35.7 Å². The number of carbonyl (C=O) groups excluding carboxylic acids is 1. The number of nitrogens with one attached hydrogen (secondary N) is 1. The maximum absolute atomic E-state index is 12.4. The Morgan fingerprint density at radius 3 is 2.46 bits per heavy atom. The van der Waals surface area contributed by atoms with E-state index in [4.69, 9.17) is 32.7 Å². The maximum atomic E-state index is 12.4. The van der Waals surface area contributed by atoms with Crippen molar-refractivity contribution < 1.29 is 14.3 Å². The van der Waals surface area contributed by atoms with Gasteiger partial charge in [-0.2, -0.15) is 0 Å². The van der Waals surface area contributed by atoms with Crippen LogP contribution in [-0.4, -0.2) is 32.4 Å². The van der Waals surface area contributed by atoms with Crippen LogP contribution in [0.25, 0.3) is 0 Å². The first kappa shape index (κ1) is 22.8. The lowest BCUT2D eigenvalue weighted by molar-refractivity contribution is -0.0582. The van der Waals surface area contributed by atoms with E-state index < -0.39 is 8.07 Å². The van der Waals surface area contributed by atoms with Gasteiger partial charge >= 0.3 is 0 Å². The summed E-state index contributed by atoms with van der Waals surface area (Å²) in [4.78, 5) is 16.7. The third kappa shape index (κ3) is 8.71. The molecule has 0 unspecified atom stereocenters. The molecule has 0 spiro atoms. The first-order valence-corrected chi connectivity index (χ1v) is 13.5. The van der Waals surface area contributed by atoms with Crippen molar-refractivity contribution in [1.82, 2.24) is 10.3 Å². The van der Waals surface area contributed by atoms with Gasteiger partial charge in [-0.1, -0.05) is 55.0 Å². The third-order valence-corrected chi connectivity index (χ3v) is 6.03. The molecule has 0 radical (unpaired) electrons. The van der Waals surface area contributed by atoms with Gasteiger partial charge in [-0.05, 0) is 35.9 Å². The second-order valence-corrected chi connectivity index (χ2v) is 14.2. The second-order valence-electron chi connectivity index (χ2n) is 7.66. The van der Waals surface area contributed by atoms with Crippen molar-refractivity contribution >= 4 is 37.2 Å². The minimum atomic E-state index is -1.11. The van der Waals surface area contributed by atoms with Gasteiger partial charge in [-0.15, -0.1) is 0 Å². The van der Waals surface area contributed by atoms with Crippen LogP contribution in [0.1, 0.15) is 21.7 Å². The number of benzene rings is 1. The predicted molar refractivity (Wildman–Crippen MR) is 116 cm³/mol. The molecule has 0 fully saturated rings. The molecule has 0 aliphatic rings. The second kappa shape index (κ2) is 10.9. The third-order valence-electron chi connectivity index (χ3n) is 3.86. The molecule has 1 aromatic carbocycles. The number of ether oxygens (including phenoxy) is 2. The minimum Gasteiger partial charge on any atom is -0.356 e. The highest BCUT2D eigenvalue weighted by Gasteiger charge is 2.12. The van der Waals surface area contributed by atoms with Gasteiger partial charge in [-0.3, -0.25) is 4.79 Å². The molecule has 1 N–H and O–H groups in total. The van der Waals surface area contributed by atoms with Gasteiger partial charge < -0.3 is 14.8 Å². The van der Waals surface area contributed by atoms with Crippen LogP contribution in [0.15, 0.2) is 36.4 Å². The molecule has 1 aromatic heterocycles. The number of amides is 1. The van der Waals surface area contributed by atoms with Crippen molar-refractivity contribution in [3.63, 3.8) is 0 Å². The van der Waals surface area contributed by atoms with Crippen LogP contribution in [0.5, 0.6) is 0 Å². The molecule has 1 amide bonds. The van der Waals surface area contributed by atoms with E-state index in [0.717, 1.165) is 11.6 Å². The standard InChI is InChI=1S/C20H26Cl2N2O3Si/c1-28(2,3)9-8-26-14-27-13-18-10-17(22)11-19(24-18)20(25)23-12-15-4-6-16(21)7-5-15/h4-7,10-11H,8-9,12-14H2,1-3H3,(H,23,25). The van der Waals surface area contributed by atoms with Gasteiger partial charge in [0.15, 0.2) is 0 Å². The maximum Gasteiger partial charge on any atom is 0.270 e. The number of nitrogens with zero attached hydrogens (tertiary/aromatic N) is 1. The number of carbonyl (C=O) groups is 1. The van der Waals surface area contributed by atoms with Gasteiger partial charge in [0.05, 0.1) is 12.3 Å². The summed E-state index contributed by atoms with van der Waals surface area (Å²) in [5.74, 6) is -0.301. The van der Waals surface area contributed by atoms with E-state index in [2.05, 4.69) is 29.9 Å². The molecule has 0 aliphatic heterocycles. The van der Waals surface area contributed by atoms with E-state index in [9.17, 15) is 4.79 Å². The van der Waals surface area contributed by atoms with E-state index >= 15 is 0 Å². The normalized spacial score (nSPS) is 11.5. The van der Waals surface area contributed by atoms with Crippen LogP contribution >= 0.6 is 23.2 Å². The molecule has 0 saturated carbocycles. The summed E-state index contributed by atoms with van der Waals surface area (Å²) in [6, 6.07) is 11.6. The average Bonchev–Trinajstić information content (AvgIpc) is 2.62. The van der Waals surface area contributed by atoms with Crippen molar-refractivity contribution in [2.24, 2.45) is 0 Å². The zero-order valence-corrected chi connectivity index (χ0v) is 18.9. The lowest BCUT2D eigenvalue weighted by Crippen LogP contribution is -2.24. The predicted octanol–water partition coefficient (Wildman–Crippen LogP) is 5.15. The summed E-state index contributed by atoms with van der Waals surface area (Å²) >= 11 is 12.0. The fourth-order valence-corrected chi connectivity index (χ4v) is 3.37. The minimum absolute atomic E-state index is 0.191. The molecule has 1 heterocycles. The summed E-state index contributed by atoms with van der Waals surface area (Å²) < 4.78 is 11.0. The highest BCUT2D eigenvalue weighted by Crippen LogP contribution is 2.14. The summed E-state index contributed by atoms with van der Waals surface area (Å²) in [5.41, 5.74) is 1.77. The Kier molecular flexibility index (Phi) is 8.91. The summed E-state index contributed by atoms with van der Waals surface area (Å²) in [5, 5.41) is 3.91. The smallest absolute Gasteiger partial charge is 0.270 e. The van der Waals surface area contributed by atoms with Gasteiger partial charge in [0.25, 0.3) is 5.91 Å². The van der Waals surface area contributed by atoms with Gasteiger partial charge in [0.2, 0.25) is 0 Å². The Morgan fingerprint density at radius 1 is 1.07 bits per heavy atom.